The number of carbonyl (C=O) groups is 1. The number of nitrogens with one attached hydrogen (secondary N) is 2. The lowest BCUT2D eigenvalue weighted by Crippen LogP contribution is -2.57. The molecule has 2 unspecified atom stereocenters. The average Bonchev–Trinajstić information content (AvgIpc) is 2.46. The third kappa shape index (κ3) is 3.55. The molecule has 4 nitrogen and oxygen atoms in total. The van der Waals surface area contributed by atoms with Gasteiger partial charge in [-0.3, -0.25) is 4.79 Å². The second kappa shape index (κ2) is 6.33. The summed E-state index contributed by atoms with van der Waals surface area (Å²) in [6, 6.07) is 5.63. The van der Waals surface area contributed by atoms with Crippen LogP contribution in [0.15, 0.2) is 24.3 Å². The van der Waals surface area contributed by atoms with Crippen molar-refractivity contribution in [3.8, 4) is 0 Å². The van der Waals surface area contributed by atoms with E-state index in [4.69, 9.17) is 0 Å². The molecule has 1 aromatic carbocycles. The zero-order valence-electron chi connectivity index (χ0n) is 11.7. The van der Waals surface area contributed by atoms with Crippen LogP contribution in [0.3, 0.4) is 0 Å². The van der Waals surface area contributed by atoms with Gasteiger partial charge in [0.25, 0.3) is 0 Å². The van der Waals surface area contributed by atoms with Crippen LogP contribution in [0, 0.1) is 5.82 Å². The molecule has 1 saturated heterocycles. The molecule has 2 atom stereocenters. The number of hydrogen-bond donors (Lipinski definition) is 3. The molecule has 1 fully saturated rings. The molecule has 0 bridgehead atoms. The fourth-order valence-corrected chi connectivity index (χ4v) is 2.44. The van der Waals surface area contributed by atoms with Crippen molar-refractivity contribution in [2.75, 3.05) is 13.1 Å². The number of aliphatic hydroxyl groups is 1. The second-order valence-electron chi connectivity index (χ2n) is 5.49. The number of benzene rings is 1. The van der Waals surface area contributed by atoms with E-state index in [1.54, 1.807) is 0 Å². The minimum Gasteiger partial charge on any atom is -0.387 e. The lowest BCUT2D eigenvalue weighted by Gasteiger charge is -2.33. The maximum absolute atomic E-state index is 12.8. The number of hydrogen-bond acceptors (Lipinski definition) is 3. The van der Waals surface area contributed by atoms with E-state index in [0.29, 0.717) is 5.56 Å². The Balaban J connectivity index is 1.88. The topological polar surface area (TPSA) is 61.4 Å². The molecule has 1 amide bonds. The van der Waals surface area contributed by atoms with Gasteiger partial charge in [-0.1, -0.05) is 12.1 Å². The van der Waals surface area contributed by atoms with Gasteiger partial charge in [0.05, 0.1) is 11.6 Å². The fourth-order valence-electron chi connectivity index (χ4n) is 2.44. The van der Waals surface area contributed by atoms with Gasteiger partial charge >= 0.3 is 0 Å². The van der Waals surface area contributed by atoms with Crippen molar-refractivity contribution in [2.24, 2.45) is 0 Å². The van der Waals surface area contributed by atoms with E-state index in [1.807, 2.05) is 6.92 Å². The monoisotopic (exact) mass is 280 g/mol. The van der Waals surface area contributed by atoms with Gasteiger partial charge in [0.1, 0.15) is 5.82 Å². The molecule has 0 saturated carbocycles. The van der Waals surface area contributed by atoms with Crippen LogP contribution >= 0.6 is 0 Å². The molecule has 1 aliphatic heterocycles. The minimum absolute atomic E-state index is 0.0987. The summed E-state index contributed by atoms with van der Waals surface area (Å²) in [4.78, 5) is 12.2. The summed E-state index contributed by atoms with van der Waals surface area (Å²) >= 11 is 0. The Labute approximate surface area is 118 Å². The quantitative estimate of drug-likeness (QED) is 0.783. The van der Waals surface area contributed by atoms with Gasteiger partial charge in [-0.2, -0.15) is 0 Å². The molecule has 3 N–H and O–H groups in total. The predicted molar refractivity (Wildman–Crippen MR) is 74.6 cm³/mol. The zero-order chi connectivity index (χ0) is 14.6. The van der Waals surface area contributed by atoms with E-state index < -0.39 is 11.6 Å². The zero-order valence-corrected chi connectivity index (χ0v) is 11.7. The molecule has 1 heterocycles. The van der Waals surface area contributed by atoms with Crippen molar-refractivity contribution in [3.63, 3.8) is 0 Å². The van der Waals surface area contributed by atoms with Gasteiger partial charge in [0.2, 0.25) is 5.91 Å². The van der Waals surface area contributed by atoms with Gasteiger partial charge in [-0.25, -0.2) is 4.39 Å². The normalized spacial score (nSPS) is 24.1. The molecule has 0 spiro atoms. The lowest BCUT2D eigenvalue weighted by atomic mass is 9.90. The van der Waals surface area contributed by atoms with Crippen molar-refractivity contribution < 1.29 is 14.3 Å². The Hall–Kier alpha value is -1.46. The first kappa shape index (κ1) is 14.9. The van der Waals surface area contributed by atoms with Crippen LogP contribution in [0.4, 0.5) is 4.39 Å². The maximum Gasteiger partial charge on any atom is 0.240 e. The molecule has 20 heavy (non-hydrogen) atoms. The number of amides is 1. The Morgan fingerprint density at radius 2 is 2.15 bits per heavy atom. The van der Waals surface area contributed by atoms with Gasteiger partial charge in [0, 0.05) is 6.54 Å². The van der Waals surface area contributed by atoms with E-state index in [1.165, 1.54) is 24.3 Å². The Bertz CT molecular complexity index is 455. The first-order valence-electron chi connectivity index (χ1n) is 6.98. The largest absolute Gasteiger partial charge is 0.387 e. The molecule has 1 aromatic rings. The van der Waals surface area contributed by atoms with Crippen molar-refractivity contribution in [1.82, 2.24) is 10.6 Å². The first-order valence-corrected chi connectivity index (χ1v) is 6.98. The highest BCUT2D eigenvalue weighted by Gasteiger charge is 2.34. The second-order valence-corrected chi connectivity index (χ2v) is 5.49. The van der Waals surface area contributed by atoms with Crippen molar-refractivity contribution >= 4 is 5.91 Å². The molecule has 0 radical (unpaired) electrons. The average molecular weight is 280 g/mol. The highest BCUT2D eigenvalue weighted by molar-refractivity contribution is 5.86. The highest BCUT2D eigenvalue weighted by atomic mass is 19.1. The van der Waals surface area contributed by atoms with E-state index in [0.717, 1.165) is 25.8 Å². The van der Waals surface area contributed by atoms with Crippen molar-refractivity contribution in [1.29, 1.82) is 0 Å². The van der Waals surface area contributed by atoms with Gasteiger partial charge < -0.3 is 15.7 Å². The molecule has 0 aromatic heterocycles. The summed E-state index contributed by atoms with van der Waals surface area (Å²) in [6.07, 6.45) is 2.08. The van der Waals surface area contributed by atoms with Gasteiger partial charge in [-0.15, -0.1) is 0 Å². The van der Waals surface area contributed by atoms with E-state index in [-0.39, 0.29) is 18.3 Å². The van der Waals surface area contributed by atoms with Crippen LogP contribution < -0.4 is 10.6 Å². The van der Waals surface area contributed by atoms with Crippen molar-refractivity contribution in [2.45, 2.75) is 37.8 Å². The number of carbonyl (C=O) groups excluding carboxylic acids is 1. The molecule has 2 rings (SSSR count). The summed E-state index contributed by atoms with van der Waals surface area (Å²) in [5.41, 5.74) is 0.0364. The van der Waals surface area contributed by atoms with Crippen LogP contribution in [0.2, 0.25) is 0 Å². The standard InChI is InChI=1S/C15H21FN2O2/c1-15(8-2-3-9-18-15)14(20)17-10-13(19)11-4-6-12(16)7-5-11/h4-7,13,18-19H,2-3,8-10H2,1H3,(H,17,20). The summed E-state index contributed by atoms with van der Waals surface area (Å²) in [7, 11) is 0. The molecule has 5 heteroatoms. The smallest absolute Gasteiger partial charge is 0.240 e. The van der Waals surface area contributed by atoms with Crippen molar-refractivity contribution in [3.05, 3.63) is 35.6 Å². The molecule has 1 aliphatic rings. The first-order chi connectivity index (χ1) is 9.51. The minimum atomic E-state index is -0.827. The van der Waals surface area contributed by atoms with Gasteiger partial charge in [-0.05, 0) is 50.4 Å². The number of piperidine rings is 1. The predicted octanol–water partition coefficient (Wildman–Crippen LogP) is 1.51. The summed E-state index contributed by atoms with van der Waals surface area (Å²) < 4.78 is 12.8. The summed E-state index contributed by atoms with van der Waals surface area (Å²) in [5, 5.41) is 16.0. The maximum atomic E-state index is 12.8. The third-order valence-electron chi connectivity index (χ3n) is 3.83. The van der Waals surface area contributed by atoms with E-state index in [2.05, 4.69) is 10.6 Å². The third-order valence-corrected chi connectivity index (χ3v) is 3.83. The van der Waals surface area contributed by atoms with Crippen LogP contribution in [0.1, 0.15) is 37.9 Å². The molecular formula is C15H21FN2O2. The lowest BCUT2D eigenvalue weighted by molar-refractivity contribution is -0.128. The number of aliphatic hydroxyl groups excluding tert-OH is 1. The number of rotatable bonds is 4. The van der Waals surface area contributed by atoms with Crippen LogP contribution in [-0.4, -0.2) is 29.6 Å². The Morgan fingerprint density at radius 3 is 2.75 bits per heavy atom. The van der Waals surface area contributed by atoms with Gasteiger partial charge in [0.15, 0.2) is 0 Å². The van der Waals surface area contributed by atoms with Crippen LogP contribution in [0.5, 0.6) is 0 Å². The Kier molecular flexibility index (Phi) is 4.73. The molecule has 0 aliphatic carbocycles. The SMILES string of the molecule is CC1(C(=O)NCC(O)c2ccc(F)cc2)CCCCN1. The van der Waals surface area contributed by atoms with E-state index in [9.17, 15) is 14.3 Å². The summed E-state index contributed by atoms with van der Waals surface area (Å²) in [5.74, 6) is -0.442. The Morgan fingerprint density at radius 1 is 1.45 bits per heavy atom. The molecular weight excluding hydrogens is 259 g/mol. The van der Waals surface area contributed by atoms with Crippen LogP contribution in [0.25, 0.3) is 0 Å². The fraction of sp³-hybridized carbons (Fsp3) is 0.533. The summed E-state index contributed by atoms with van der Waals surface area (Å²) in [6.45, 7) is 2.85. The molecule has 110 valence electrons. The highest BCUT2D eigenvalue weighted by Crippen LogP contribution is 2.19. The van der Waals surface area contributed by atoms with E-state index >= 15 is 0 Å². The number of halogens is 1. The van der Waals surface area contributed by atoms with Crippen LogP contribution in [-0.2, 0) is 4.79 Å².